The molecule has 0 spiro atoms. The highest BCUT2D eigenvalue weighted by molar-refractivity contribution is 5.92. The molecule has 2 aromatic carbocycles. The van der Waals surface area contributed by atoms with E-state index in [1.807, 2.05) is 41.9 Å². The van der Waals surface area contributed by atoms with Crippen LogP contribution < -0.4 is 10.2 Å². The quantitative estimate of drug-likeness (QED) is 0.487. The first-order valence-electron chi connectivity index (χ1n) is 11.9. The van der Waals surface area contributed by atoms with Gasteiger partial charge in [-0.1, -0.05) is 48.0 Å². The molecule has 0 unspecified atom stereocenters. The number of aromatic nitrogens is 4. The summed E-state index contributed by atoms with van der Waals surface area (Å²) in [4.78, 5) is 15.0. The average Bonchev–Trinajstić information content (AvgIpc) is 3.21. The molecule has 1 aliphatic rings. The molecule has 7 heteroatoms. The van der Waals surface area contributed by atoms with Gasteiger partial charge in [-0.2, -0.15) is 10.2 Å². The molecule has 0 aliphatic carbocycles. The molecule has 1 amide bonds. The van der Waals surface area contributed by atoms with Crippen LogP contribution in [-0.2, 0) is 11.3 Å². The molecule has 174 valence electrons. The highest BCUT2D eigenvalue weighted by Gasteiger charge is 2.28. The van der Waals surface area contributed by atoms with Crippen LogP contribution >= 0.6 is 0 Å². The molecule has 0 bridgehead atoms. The summed E-state index contributed by atoms with van der Waals surface area (Å²) in [5.41, 5.74) is 6.16. The summed E-state index contributed by atoms with van der Waals surface area (Å²) in [5, 5.41) is 18.1. The van der Waals surface area contributed by atoms with Crippen LogP contribution in [-0.4, -0.2) is 39.0 Å². The van der Waals surface area contributed by atoms with Crippen LogP contribution in [0.1, 0.15) is 35.4 Å². The lowest BCUT2D eigenvalue weighted by atomic mass is 9.95. The number of amides is 1. The van der Waals surface area contributed by atoms with E-state index in [0.717, 1.165) is 65.3 Å². The fourth-order valence-electron chi connectivity index (χ4n) is 4.85. The van der Waals surface area contributed by atoms with E-state index in [1.165, 1.54) is 5.56 Å². The smallest absolute Gasteiger partial charge is 0.223 e. The van der Waals surface area contributed by atoms with Crippen molar-refractivity contribution < 1.29 is 4.79 Å². The van der Waals surface area contributed by atoms with Crippen molar-refractivity contribution in [1.82, 2.24) is 25.3 Å². The SMILES string of the molecule is Cc1cccc(CNC(=O)C2CCN(c3nnc(C)c4c(C)n(-c5ccccc5)nc34)CC2)c1. The van der Waals surface area contributed by atoms with Crippen LogP contribution in [0.3, 0.4) is 0 Å². The Labute approximate surface area is 199 Å². The fourth-order valence-corrected chi connectivity index (χ4v) is 4.85. The molecular weight excluding hydrogens is 424 g/mol. The standard InChI is InChI=1S/C27H30N6O/c1-18-8-7-9-21(16-18)17-28-27(34)22-12-14-32(15-13-22)26-25-24(19(2)29-30-26)20(3)33(31-25)23-10-5-4-6-11-23/h4-11,16,22H,12-15,17H2,1-3H3,(H,28,34). The van der Waals surface area contributed by atoms with Gasteiger partial charge in [-0.05, 0) is 51.3 Å². The molecule has 1 fully saturated rings. The summed E-state index contributed by atoms with van der Waals surface area (Å²) in [7, 11) is 0. The molecule has 3 heterocycles. The van der Waals surface area contributed by atoms with E-state index >= 15 is 0 Å². The highest BCUT2D eigenvalue weighted by atomic mass is 16.1. The summed E-state index contributed by atoms with van der Waals surface area (Å²) < 4.78 is 1.97. The minimum absolute atomic E-state index is 0.0126. The number of fused-ring (bicyclic) bond motifs is 1. The van der Waals surface area contributed by atoms with Gasteiger partial charge in [-0.3, -0.25) is 4.79 Å². The molecule has 0 saturated carbocycles. The third kappa shape index (κ3) is 4.25. The number of aryl methyl sites for hydroxylation is 3. The number of hydrogen-bond acceptors (Lipinski definition) is 5. The van der Waals surface area contributed by atoms with E-state index in [4.69, 9.17) is 5.10 Å². The lowest BCUT2D eigenvalue weighted by molar-refractivity contribution is -0.125. The van der Waals surface area contributed by atoms with Crippen molar-refractivity contribution in [3.05, 3.63) is 77.1 Å². The Kier molecular flexibility index (Phi) is 6.01. The Balaban J connectivity index is 1.31. The molecule has 4 aromatic rings. The maximum Gasteiger partial charge on any atom is 0.223 e. The van der Waals surface area contributed by atoms with Gasteiger partial charge < -0.3 is 10.2 Å². The average molecular weight is 455 g/mol. The Morgan fingerprint density at radius 3 is 2.50 bits per heavy atom. The van der Waals surface area contributed by atoms with Crippen molar-refractivity contribution in [3.63, 3.8) is 0 Å². The first kappa shape index (κ1) is 22.1. The second-order valence-corrected chi connectivity index (χ2v) is 9.13. The summed E-state index contributed by atoms with van der Waals surface area (Å²) in [6.45, 7) is 8.20. The second-order valence-electron chi connectivity index (χ2n) is 9.13. The zero-order valence-electron chi connectivity index (χ0n) is 20.0. The Bertz CT molecular complexity index is 1320. The van der Waals surface area contributed by atoms with Gasteiger partial charge in [0.15, 0.2) is 5.82 Å². The number of para-hydroxylation sites is 1. The summed E-state index contributed by atoms with van der Waals surface area (Å²) in [6.07, 6.45) is 1.57. The number of anilines is 1. The molecule has 7 nitrogen and oxygen atoms in total. The monoisotopic (exact) mass is 454 g/mol. The Morgan fingerprint density at radius 1 is 1.00 bits per heavy atom. The van der Waals surface area contributed by atoms with E-state index in [9.17, 15) is 4.79 Å². The zero-order chi connectivity index (χ0) is 23.7. The van der Waals surface area contributed by atoms with E-state index in [2.05, 4.69) is 58.5 Å². The summed E-state index contributed by atoms with van der Waals surface area (Å²) >= 11 is 0. The van der Waals surface area contributed by atoms with E-state index in [0.29, 0.717) is 6.54 Å². The maximum atomic E-state index is 12.8. The van der Waals surface area contributed by atoms with Crippen LogP contribution in [0.5, 0.6) is 0 Å². The van der Waals surface area contributed by atoms with E-state index < -0.39 is 0 Å². The summed E-state index contributed by atoms with van der Waals surface area (Å²) in [5.74, 6) is 0.945. The van der Waals surface area contributed by atoms with Gasteiger partial charge in [0.05, 0.1) is 22.5 Å². The molecule has 1 aliphatic heterocycles. The van der Waals surface area contributed by atoms with Crippen LogP contribution in [0.2, 0.25) is 0 Å². The van der Waals surface area contributed by atoms with E-state index in [-0.39, 0.29) is 11.8 Å². The minimum Gasteiger partial charge on any atom is -0.353 e. The van der Waals surface area contributed by atoms with Crippen LogP contribution in [0.15, 0.2) is 54.6 Å². The third-order valence-corrected chi connectivity index (χ3v) is 6.70. The molecule has 2 aromatic heterocycles. The number of benzene rings is 2. The Morgan fingerprint density at radius 2 is 1.76 bits per heavy atom. The lowest BCUT2D eigenvalue weighted by Gasteiger charge is -2.32. The van der Waals surface area contributed by atoms with E-state index in [1.54, 1.807) is 0 Å². The van der Waals surface area contributed by atoms with Crippen LogP contribution in [0, 0.1) is 26.7 Å². The number of rotatable bonds is 5. The van der Waals surface area contributed by atoms with Gasteiger partial charge in [0.25, 0.3) is 0 Å². The first-order chi connectivity index (χ1) is 16.5. The minimum atomic E-state index is 0.0126. The number of carbonyl (C=O) groups excluding carboxylic acids is 1. The predicted octanol–water partition coefficient (Wildman–Crippen LogP) is 4.27. The molecule has 1 N–H and O–H groups in total. The van der Waals surface area contributed by atoms with Gasteiger partial charge in [-0.15, -0.1) is 5.10 Å². The summed E-state index contributed by atoms with van der Waals surface area (Å²) in [6, 6.07) is 18.4. The van der Waals surface area contributed by atoms with Gasteiger partial charge >= 0.3 is 0 Å². The van der Waals surface area contributed by atoms with Gasteiger partial charge in [0, 0.05) is 25.6 Å². The molecule has 1 saturated heterocycles. The number of piperidine rings is 1. The number of carbonyl (C=O) groups is 1. The van der Waals surface area contributed by atoms with Gasteiger partial charge in [-0.25, -0.2) is 4.68 Å². The second kappa shape index (κ2) is 9.25. The van der Waals surface area contributed by atoms with Crippen molar-refractivity contribution in [3.8, 4) is 5.69 Å². The maximum absolute atomic E-state index is 12.8. The zero-order valence-corrected chi connectivity index (χ0v) is 20.0. The number of nitrogens with one attached hydrogen (secondary N) is 1. The van der Waals surface area contributed by atoms with Crippen molar-refractivity contribution in [2.45, 2.75) is 40.2 Å². The highest BCUT2D eigenvalue weighted by Crippen LogP contribution is 2.31. The normalized spacial score (nSPS) is 14.5. The first-order valence-corrected chi connectivity index (χ1v) is 11.9. The molecule has 34 heavy (non-hydrogen) atoms. The van der Waals surface area contributed by atoms with Gasteiger partial charge in [0.1, 0.15) is 5.52 Å². The number of nitrogens with zero attached hydrogens (tertiary/aromatic N) is 5. The Hall–Kier alpha value is -3.74. The van der Waals surface area contributed by atoms with Crippen molar-refractivity contribution in [2.24, 2.45) is 5.92 Å². The number of hydrogen-bond donors (Lipinski definition) is 1. The largest absolute Gasteiger partial charge is 0.353 e. The van der Waals surface area contributed by atoms with Crippen molar-refractivity contribution in [2.75, 3.05) is 18.0 Å². The molecular formula is C27H30N6O. The molecule has 0 atom stereocenters. The van der Waals surface area contributed by atoms with Crippen molar-refractivity contribution in [1.29, 1.82) is 0 Å². The molecule has 5 rings (SSSR count). The van der Waals surface area contributed by atoms with Crippen molar-refractivity contribution >= 4 is 22.6 Å². The van der Waals surface area contributed by atoms with Gasteiger partial charge in [0.2, 0.25) is 5.91 Å². The van der Waals surface area contributed by atoms with Crippen LogP contribution in [0.4, 0.5) is 5.82 Å². The molecule has 0 radical (unpaired) electrons. The predicted molar refractivity (Wildman–Crippen MR) is 134 cm³/mol. The van der Waals surface area contributed by atoms with Crippen LogP contribution in [0.25, 0.3) is 16.6 Å². The third-order valence-electron chi connectivity index (χ3n) is 6.70. The fraction of sp³-hybridized carbons (Fsp3) is 0.333. The topological polar surface area (TPSA) is 75.9 Å². The lowest BCUT2D eigenvalue weighted by Crippen LogP contribution is -2.40.